The smallest absolute Gasteiger partial charge is 0.152 e. The zero-order valence-corrected chi connectivity index (χ0v) is 9.23. The Kier molecular flexibility index (Phi) is 2.73. The van der Waals surface area contributed by atoms with Crippen LogP contribution in [0.15, 0.2) is 46.3 Å². The minimum absolute atomic E-state index is 0.658. The van der Waals surface area contributed by atoms with Gasteiger partial charge in [0.2, 0.25) is 0 Å². The van der Waals surface area contributed by atoms with Crippen LogP contribution in [-0.4, -0.2) is 6.72 Å². The highest BCUT2D eigenvalue weighted by atomic mass is 16.3. The second kappa shape index (κ2) is 4.19. The van der Waals surface area contributed by atoms with E-state index in [1.54, 1.807) is 6.08 Å². The molecule has 0 aliphatic heterocycles. The van der Waals surface area contributed by atoms with Crippen LogP contribution in [0, 0.1) is 6.92 Å². The van der Waals surface area contributed by atoms with Gasteiger partial charge >= 0.3 is 0 Å². The second-order valence-electron chi connectivity index (χ2n) is 3.59. The zero-order valence-electron chi connectivity index (χ0n) is 9.23. The molecule has 2 heteroatoms. The summed E-state index contributed by atoms with van der Waals surface area (Å²) >= 11 is 0. The van der Waals surface area contributed by atoms with Crippen LogP contribution in [0.2, 0.25) is 0 Å². The maximum atomic E-state index is 5.63. The number of hydrogen-bond donors (Lipinski definition) is 0. The van der Waals surface area contributed by atoms with Gasteiger partial charge in [0, 0.05) is 11.6 Å². The van der Waals surface area contributed by atoms with E-state index in [1.807, 2.05) is 30.3 Å². The Morgan fingerprint density at radius 2 is 1.94 bits per heavy atom. The van der Waals surface area contributed by atoms with Crippen LogP contribution in [0.25, 0.3) is 17.4 Å². The molecular formula is C14H13NO. The van der Waals surface area contributed by atoms with Gasteiger partial charge in [-0.05, 0) is 19.7 Å². The van der Waals surface area contributed by atoms with Crippen molar-refractivity contribution in [3.8, 4) is 11.3 Å². The molecule has 1 aromatic carbocycles. The van der Waals surface area contributed by atoms with E-state index in [2.05, 4.69) is 25.2 Å². The lowest BCUT2D eigenvalue weighted by Crippen LogP contribution is -1.74. The van der Waals surface area contributed by atoms with Crippen molar-refractivity contribution in [2.24, 2.45) is 4.99 Å². The molecular weight excluding hydrogens is 198 g/mol. The fourth-order valence-corrected chi connectivity index (χ4v) is 1.53. The first kappa shape index (κ1) is 10.4. The lowest BCUT2D eigenvalue weighted by atomic mass is 10.1. The van der Waals surface area contributed by atoms with Gasteiger partial charge in [-0.1, -0.05) is 36.4 Å². The minimum atomic E-state index is 0.658. The highest BCUT2D eigenvalue weighted by molar-refractivity contribution is 5.69. The molecule has 0 N–H and O–H groups in total. The molecule has 0 aliphatic carbocycles. The summed E-state index contributed by atoms with van der Waals surface area (Å²) in [5, 5.41) is 0. The molecule has 2 rings (SSSR count). The van der Waals surface area contributed by atoms with Crippen molar-refractivity contribution in [3.63, 3.8) is 0 Å². The van der Waals surface area contributed by atoms with Crippen LogP contribution in [-0.2, 0) is 0 Å². The molecule has 16 heavy (non-hydrogen) atoms. The van der Waals surface area contributed by atoms with Crippen molar-refractivity contribution in [3.05, 3.63) is 48.2 Å². The number of furan rings is 1. The average molecular weight is 211 g/mol. The monoisotopic (exact) mass is 211 g/mol. The lowest BCUT2D eigenvalue weighted by Gasteiger charge is -1.96. The molecule has 2 aromatic rings. The summed E-state index contributed by atoms with van der Waals surface area (Å²) in [6.45, 7) is 9.24. The molecule has 0 bridgehead atoms. The Morgan fingerprint density at radius 3 is 2.44 bits per heavy atom. The van der Waals surface area contributed by atoms with Gasteiger partial charge in [-0.25, -0.2) is 0 Å². The zero-order chi connectivity index (χ0) is 11.5. The first-order chi connectivity index (χ1) is 7.74. The van der Waals surface area contributed by atoms with E-state index in [0.717, 1.165) is 17.0 Å². The molecule has 0 saturated carbocycles. The van der Waals surface area contributed by atoms with Gasteiger partial charge in [0.15, 0.2) is 5.76 Å². The number of aliphatic imine (C=N–C) groups is 1. The number of benzene rings is 1. The van der Waals surface area contributed by atoms with Crippen LogP contribution in [0.3, 0.4) is 0 Å². The molecule has 0 aliphatic rings. The summed E-state index contributed by atoms with van der Waals surface area (Å²) in [5.74, 6) is 1.45. The Hall–Kier alpha value is -2.09. The minimum Gasteiger partial charge on any atom is -0.454 e. The molecule has 0 amide bonds. The molecule has 80 valence electrons. The van der Waals surface area contributed by atoms with E-state index in [0.29, 0.717) is 5.76 Å². The third-order valence-corrected chi connectivity index (χ3v) is 2.43. The van der Waals surface area contributed by atoms with Crippen molar-refractivity contribution in [1.82, 2.24) is 0 Å². The van der Waals surface area contributed by atoms with E-state index in [1.165, 1.54) is 5.56 Å². The number of nitrogens with zero attached hydrogens (tertiary/aromatic N) is 1. The predicted octanol–water partition coefficient (Wildman–Crippen LogP) is 4.23. The molecule has 0 spiro atoms. The summed E-state index contributed by atoms with van der Waals surface area (Å²) in [4.78, 5) is 3.89. The van der Waals surface area contributed by atoms with Crippen LogP contribution in [0.4, 0.5) is 5.69 Å². The topological polar surface area (TPSA) is 25.5 Å². The van der Waals surface area contributed by atoms with Crippen LogP contribution >= 0.6 is 0 Å². The van der Waals surface area contributed by atoms with Crippen LogP contribution in [0.5, 0.6) is 0 Å². The molecule has 1 aromatic heterocycles. The Morgan fingerprint density at radius 1 is 1.25 bits per heavy atom. The molecule has 0 unspecified atom stereocenters. The molecule has 2 nitrogen and oxygen atoms in total. The van der Waals surface area contributed by atoms with Crippen molar-refractivity contribution < 1.29 is 4.42 Å². The highest BCUT2D eigenvalue weighted by Gasteiger charge is 2.08. The fourth-order valence-electron chi connectivity index (χ4n) is 1.53. The second-order valence-corrected chi connectivity index (χ2v) is 3.59. The summed E-state index contributed by atoms with van der Waals surface area (Å²) in [6, 6.07) is 10.0. The van der Waals surface area contributed by atoms with Crippen LogP contribution < -0.4 is 0 Å². The SMILES string of the molecule is C=Cc1oc(-c2ccc(C)cc2)cc1N=C. The van der Waals surface area contributed by atoms with Gasteiger partial charge in [-0.15, -0.1) is 0 Å². The van der Waals surface area contributed by atoms with Gasteiger partial charge in [0.25, 0.3) is 0 Å². The third kappa shape index (κ3) is 1.82. The van der Waals surface area contributed by atoms with E-state index in [9.17, 15) is 0 Å². The maximum absolute atomic E-state index is 5.63. The van der Waals surface area contributed by atoms with Crippen molar-refractivity contribution in [2.75, 3.05) is 0 Å². The van der Waals surface area contributed by atoms with Crippen molar-refractivity contribution in [2.45, 2.75) is 6.92 Å². The molecule has 0 radical (unpaired) electrons. The van der Waals surface area contributed by atoms with E-state index < -0.39 is 0 Å². The Bertz CT molecular complexity index is 495. The molecule has 0 fully saturated rings. The first-order valence-corrected chi connectivity index (χ1v) is 5.04. The summed E-state index contributed by atoms with van der Waals surface area (Å²) < 4.78 is 5.63. The van der Waals surface area contributed by atoms with Crippen molar-refractivity contribution >= 4 is 18.5 Å². The molecule has 1 heterocycles. The summed E-state index contributed by atoms with van der Waals surface area (Å²) in [7, 11) is 0. The van der Waals surface area contributed by atoms with Crippen LogP contribution in [0.1, 0.15) is 11.3 Å². The average Bonchev–Trinajstić information content (AvgIpc) is 2.73. The predicted molar refractivity (Wildman–Crippen MR) is 68.2 cm³/mol. The first-order valence-electron chi connectivity index (χ1n) is 5.04. The Balaban J connectivity index is 2.48. The summed E-state index contributed by atoms with van der Waals surface area (Å²) in [6.07, 6.45) is 1.64. The molecule has 0 atom stereocenters. The molecule has 0 saturated heterocycles. The third-order valence-electron chi connectivity index (χ3n) is 2.43. The quantitative estimate of drug-likeness (QED) is 0.697. The van der Waals surface area contributed by atoms with E-state index in [-0.39, 0.29) is 0 Å². The van der Waals surface area contributed by atoms with Gasteiger partial charge in [0.1, 0.15) is 11.4 Å². The Labute approximate surface area is 94.9 Å². The van der Waals surface area contributed by atoms with Gasteiger partial charge in [-0.3, -0.25) is 4.99 Å². The normalized spacial score (nSPS) is 10.1. The highest BCUT2D eigenvalue weighted by Crippen LogP contribution is 2.31. The number of aryl methyl sites for hydroxylation is 1. The van der Waals surface area contributed by atoms with Crippen molar-refractivity contribution in [1.29, 1.82) is 0 Å². The largest absolute Gasteiger partial charge is 0.454 e. The maximum Gasteiger partial charge on any atom is 0.152 e. The standard InChI is InChI=1S/C14H13NO/c1-4-13-12(15-3)9-14(16-13)11-7-5-10(2)6-8-11/h4-9H,1,3H2,2H3. The summed E-state index contributed by atoms with van der Waals surface area (Å²) in [5.41, 5.74) is 2.98. The van der Waals surface area contributed by atoms with E-state index >= 15 is 0 Å². The fraction of sp³-hybridized carbons (Fsp3) is 0.0714. The van der Waals surface area contributed by atoms with E-state index in [4.69, 9.17) is 4.42 Å². The van der Waals surface area contributed by atoms with Gasteiger partial charge < -0.3 is 4.42 Å². The lowest BCUT2D eigenvalue weighted by molar-refractivity contribution is 0.572. The number of hydrogen-bond acceptors (Lipinski definition) is 2. The van der Waals surface area contributed by atoms with Gasteiger partial charge in [-0.2, -0.15) is 0 Å². The number of rotatable bonds is 3. The van der Waals surface area contributed by atoms with Gasteiger partial charge in [0.05, 0.1) is 0 Å².